The highest BCUT2D eigenvalue weighted by Gasteiger charge is 2.46. The Bertz CT molecular complexity index is 1080. The molecule has 3 rings (SSSR count). The van der Waals surface area contributed by atoms with Gasteiger partial charge in [-0.3, -0.25) is 0 Å². The Morgan fingerprint density at radius 2 is 1.93 bits per heavy atom. The Kier molecular flexibility index (Phi) is 10.9. The minimum absolute atomic E-state index is 0.0997. The Balaban J connectivity index is 1.72. The van der Waals surface area contributed by atoms with Crippen molar-refractivity contribution in [1.29, 1.82) is 0 Å². The van der Waals surface area contributed by atoms with Crippen molar-refractivity contribution in [2.75, 3.05) is 5.75 Å². The Morgan fingerprint density at radius 3 is 2.55 bits per heavy atom. The first kappa shape index (κ1) is 33.5. The summed E-state index contributed by atoms with van der Waals surface area (Å²) in [7, 11) is -1.96. The highest BCUT2D eigenvalue weighted by Crippen LogP contribution is 2.56. The molecule has 40 heavy (non-hydrogen) atoms. The van der Waals surface area contributed by atoms with Crippen molar-refractivity contribution in [3.8, 4) is 11.8 Å². The van der Waals surface area contributed by atoms with Crippen LogP contribution in [0.4, 0.5) is 0 Å². The van der Waals surface area contributed by atoms with Gasteiger partial charge in [-0.15, -0.1) is 11.8 Å². The quantitative estimate of drug-likeness (QED) is 0.170. The largest absolute Gasteiger partial charge is 0.410 e. The predicted molar refractivity (Wildman–Crippen MR) is 176 cm³/mol. The molecule has 3 aliphatic carbocycles. The van der Waals surface area contributed by atoms with Gasteiger partial charge in [0.15, 0.2) is 8.32 Å². The summed E-state index contributed by atoms with van der Waals surface area (Å²) in [4.78, 5) is 0. The number of rotatable bonds is 8. The molecule has 0 aliphatic heterocycles. The van der Waals surface area contributed by atoms with Gasteiger partial charge in [-0.25, -0.2) is 0 Å². The van der Waals surface area contributed by atoms with Crippen molar-refractivity contribution in [1.82, 2.24) is 0 Å². The molecule has 0 amide bonds. The van der Waals surface area contributed by atoms with Gasteiger partial charge in [0.2, 0.25) is 0 Å². The first-order valence-corrected chi connectivity index (χ1v) is 19.5. The first-order chi connectivity index (χ1) is 18.6. The van der Waals surface area contributed by atoms with Gasteiger partial charge >= 0.3 is 0 Å². The van der Waals surface area contributed by atoms with E-state index in [0.29, 0.717) is 36.9 Å². The van der Waals surface area contributed by atoms with Gasteiger partial charge in [-0.2, -0.15) is 0 Å². The molecule has 0 aromatic heterocycles. The number of allylic oxidation sites excluding steroid dienone is 4. The van der Waals surface area contributed by atoms with Crippen LogP contribution in [0, 0.1) is 23.2 Å². The second kappa shape index (κ2) is 13.1. The van der Waals surface area contributed by atoms with Gasteiger partial charge in [-0.05, 0) is 92.5 Å². The van der Waals surface area contributed by atoms with E-state index in [4.69, 9.17) is 4.43 Å². The van der Waals surface area contributed by atoms with Crippen molar-refractivity contribution in [2.24, 2.45) is 11.3 Å². The highest BCUT2D eigenvalue weighted by molar-refractivity contribution is 8.00. The molecule has 0 aromatic rings. The lowest BCUT2D eigenvalue weighted by molar-refractivity contribution is 0.0907. The summed E-state index contributed by atoms with van der Waals surface area (Å²) in [6.45, 7) is 24.6. The van der Waals surface area contributed by atoms with Crippen molar-refractivity contribution in [3.63, 3.8) is 0 Å². The van der Waals surface area contributed by atoms with Gasteiger partial charge in [0, 0.05) is 11.7 Å². The molecule has 0 heterocycles. The summed E-state index contributed by atoms with van der Waals surface area (Å²) in [5.74, 6) is 7.64. The van der Waals surface area contributed by atoms with E-state index in [-0.39, 0.29) is 22.7 Å². The third-order valence-electron chi connectivity index (χ3n) is 10.4. The molecule has 0 aromatic carbocycles. The van der Waals surface area contributed by atoms with E-state index in [1.807, 2.05) is 25.6 Å². The second-order valence-corrected chi connectivity index (χ2v) is 20.2. The zero-order chi connectivity index (χ0) is 29.9. The van der Waals surface area contributed by atoms with E-state index < -0.39 is 13.9 Å². The molecule has 0 spiro atoms. The third-order valence-corrected chi connectivity index (χ3v) is 16.0. The van der Waals surface area contributed by atoms with E-state index >= 15 is 0 Å². The molecular formula is C35H56O3SSi. The minimum atomic E-state index is -1.96. The zero-order valence-corrected chi connectivity index (χ0v) is 28.6. The molecule has 5 atom stereocenters. The van der Waals surface area contributed by atoms with Gasteiger partial charge in [0.25, 0.3) is 0 Å². The predicted octanol–water partition coefficient (Wildman–Crippen LogP) is 8.75. The number of hydrogen-bond acceptors (Lipinski definition) is 4. The first-order valence-electron chi connectivity index (χ1n) is 15.6. The molecule has 0 saturated heterocycles. The van der Waals surface area contributed by atoms with Crippen LogP contribution in [0.5, 0.6) is 0 Å². The molecule has 0 unspecified atom stereocenters. The lowest BCUT2D eigenvalue weighted by atomic mass is 9.64. The Morgan fingerprint density at radius 1 is 1.25 bits per heavy atom. The Hall–Kier alpha value is -1.03. The summed E-state index contributed by atoms with van der Waals surface area (Å²) < 4.78 is 6.73. The normalized spacial score (nSPS) is 30.6. The van der Waals surface area contributed by atoms with E-state index in [1.54, 1.807) is 5.57 Å². The fraction of sp³-hybridized carbons (Fsp3) is 0.714. The minimum Gasteiger partial charge on any atom is -0.410 e. The fourth-order valence-electron chi connectivity index (χ4n) is 6.46. The molecule has 5 heteroatoms. The van der Waals surface area contributed by atoms with Gasteiger partial charge < -0.3 is 14.6 Å². The van der Waals surface area contributed by atoms with Crippen LogP contribution >= 0.6 is 11.8 Å². The van der Waals surface area contributed by atoms with Crippen molar-refractivity contribution in [3.05, 3.63) is 47.1 Å². The van der Waals surface area contributed by atoms with Crippen molar-refractivity contribution in [2.45, 2.75) is 141 Å². The number of thioether (sulfide) groups is 1. The molecular weight excluding hydrogens is 529 g/mol. The monoisotopic (exact) mass is 584 g/mol. The van der Waals surface area contributed by atoms with E-state index in [9.17, 15) is 10.2 Å². The summed E-state index contributed by atoms with van der Waals surface area (Å²) in [5.41, 5.74) is 4.66. The van der Waals surface area contributed by atoms with Crippen molar-refractivity contribution >= 4 is 20.1 Å². The maximum Gasteiger partial charge on any atom is 0.192 e. The number of aliphatic hydroxyl groups excluding tert-OH is 1. The van der Waals surface area contributed by atoms with Crippen LogP contribution in [0.15, 0.2) is 47.1 Å². The van der Waals surface area contributed by atoms with Crippen LogP contribution in [-0.4, -0.2) is 47.3 Å². The third kappa shape index (κ3) is 7.48. The summed E-state index contributed by atoms with van der Waals surface area (Å²) in [6, 6.07) is 0. The number of hydrogen-bond donors (Lipinski definition) is 2. The van der Waals surface area contributed by atoms with Crippen LogP contribution in [-0.2, 0) is 4.43 Å². The van der Waals surface area contributed by atoms with Crippen LogP contribution in [0.1, 0.15) is 99.8 Å². The van der Waals surface area contributed by atoms with Crippen LogP contribution in [0.3, 0.4) is 0 Å². The lowest BCUT2D eigenvalue weighted by Gasteiger charge is -2.43. The van der Waals surface area contributed by atoms with Gasteiger partial charge in [-0.1, -0.05) is 89.3 Å². The molecule has 2 N–H and O–H groups in total. The van der Waals surface area contributed by atoms with E-state index in [1.165, 1.54) is 18.4 Å². The van der Waals surface area contributed by atoms with E-state index in [2.05, 4.69) is 84.4 Å². The van der Waals surface area contributed by atoms with Crippen LogP contribution in [0.2, 0.25) is 18.1 Å². The SMILES string of the molecule is C=C1C(=CC=C2CCC[C@]3(C)C([C@H](C)SCC#CC(O)(CC)CC)=CC[C@@H]23)C[C@@H](O)C[C@@H]1O[Si](C)(C)C(C)(C)C. The molecule has 3 nitrogen and oxygen atoms in total. The fourth-order valence-corrected chi connectivity index (χ4v) is 8.72. The topological polar surface area (TPSA) is 49.7 Å². The summed E-state index contributed by atoms with van der Waals surface area (Å²) in [5, 5.41) is 21.8. The zero-order valence-electron chi connectivity index (χ0n) is 26.8. The molecule has 224 valence electrons. The second-order valence-electron chi connectivity index (χ2n) is 14.1. The van der Waals surface area contributed by atoms with E-state index in [0.717, 1.165) is 29.7 Å². The summed E-state index contributed by atoms with van der Waals surface area (Å²) >= 11 is 1.90. The average Bonchev–Trinajstić information content (AvgIpc) is 3.24. The summed E-state index contributed by atoms with van der Waals surface area (Å²) in [6.07, 6.45) is 14.0. The van der Waals surface area contributed by atoms with Gasteiger partial charge in [0.1, 0.15) is 5.60 Å². The van der Waals surface area contributed by atoms with Gasteiger partial charge in [0.05, 0.1) is 18.0 Å². The molecule has 2 fully saturated rings. The smallest absolute Gasteiger partial charge is 0.192 e. The molecule has 0 bridgehead atoms. The van der Waals surface area contributed by atoms with Crippen LogP contribution < -0.4 is 0 Å². The number of fused-ring (bicyclic) bond motifs is 1. The van der Waals surface area contributed by atoms with Crippen molar-refractivity contribution < 1.29 is 14.6 Å². The van der Waals surface area contributed by atoms with Crippen LogP contribution in [0.25, 0.3) is 0 Å². The number of aliphatic hydroxyl groups is 2. The highest BCUT2D eigenvalue weighted by atomic mass is 32.2. The maximum atomic E-state index is 10.8. The molecule has 3 aliphatic rings. The lowest BCUT2D eigenvalue weighted by Crippen LogP contribution is -2.46. The molecule has 2 saturated carbocycles. The molecule has 0 radical (unpaired) electrons. The Labute approximate surface area is 251 Å². The average molecular weight is 585 g/mol. The standard InChI is InChI=1S/C35H56O3SSi/c1-11-35(37,12-2)21-14-22-39-26(4)30-18-19-31-27(15-13-20-34(30,31)8)16-17-28-23-29(36)24-32(25(28)3)38-40(9,10)33(5,6)7/h16-18,26,29,31-32,36-37H,3,11-13,15,19-20,22-24H2,1-2,4-10H3/t26-,29+,31-,32-,34+/m0/s1. The maximum absolute atomic E-state index is 10.8.